The van der Waals surface area contributed by atoms with Crippen LogP contribution in [0.15, 0.2) is 41.4 Å². The third-order valence-electron chi connectivity index (χ3n) is 7.35. The second-order valence-corrected chi connectivity index (χ2v) is 12.8. The third-order valence-corrected chi connectivity index (χ3v) is 8.33. The highest BCUT2D eigenvalue weighted by Crippen LogP contribution is 2.28. The van der Waals surface area contributed by atoms with Gasteiger partial charge in [0.1, 0.15) is 0 Å². The molecule has 1 aliphatic rings. The summed E-state index contributed by atoms with van der Waals surface area (Å²) in [4.78, 5) is 29.3. The van der Waals surface area contributed by atoms with Crippen molar-refractivity contribution in [2.24, 2.45) is 23.0 Å². The van der Waals surface area contributed by atoms with Crippen molar-refractivity contribution in [2.45, 2.75) is 114 Å². The minimum absolute atomic E-state index is 0.00459. The van der Waals surface area contributed by atoms with Gasteiger partial charge in [-0.25, -0.2) is 4.98 Å². The number of hydrogen-bond donors (Lipinski definition) is 3. The maximum Gasteiger partial charge on any atom is 0.226 e. The Hall–Kier alpha value is -2.55. The Labute approximate surface area is 273 Å². The van der Waals surface area contributed by atoms with Crippen LogP contribution in [0.1, 0.15) is 106 Å². The molecule has 3 unspecified atom stereocenters. The molecule has 8 heteroatoms. The summed E-state index contributed by atoms with van der Waals surface area (Å²) in [7, 11) is 1.50. The molecule has 2 amide bonds. The van der Waals surface area contributed by atoms with Crippen LogP contribution in [0, 0.1) is 24.2 Å². The van der Waals surface area contributed by atoms with Crippen molar-refractivity contribution < 1.29 is 14.7 Å². The summed E-state index contributed by atoms with van der Waals surface area (Å²) in [6.07, 6.45) is 7.32. The second kappa shape index (κ2) is 24.7. The molecule has 1 aromatic carbocycles. The molecule has 1 fully saturated rings. The highest BCUT2D eigenvalue weighted by molar-refractivity contribution is 7.13. The lowest BCUT2D eigenvalue weighted by Crippen LogP contribution is -2.39. The Morgan fingerprint density at radius 3 is 2.18 bits per heavy atom. The van der Waals surface area contributed by atoms with Gasteiger partial charge in [0.05, 0.1) is 22.2 Å². The number of aliphatic hydroxyl groups excluding tert-OH is 1. The number of nitrogens with two attached hydrogens (primary N) is 1. The van der Waals surface area contributed by atoms with Crippen LogP contribution in [0.5, 0.6) is 0 Å². The first-order valence-electron chi connectivity index (χ1n) is 16.2. The van der Waals surface area contributed by atoms with Crippen LogP contribution in [0.2, 0.25) is 0 Å². The van der Waals surface area contributed by atoms with Gasteiger partial charge in [0.2, 0.25) is 12.3 Å². The number of carbonyl (C=O) groups excluding carboxylic acids is 2. The molecular weight excluding hydrogens is 568 g/mol. The van der Waals surface area contributed by atoms with Crippen molar-refractivity contribution in [1.82, 2.24) is 15.2 Å². The molecule has 1 aromatic heterocycles. The van der Waals surface area contributed by atoms with Crippen LogP contribution in [-0.2, 0) is 16.1 Å². The molecule has 2 heterocycles. The first-order valence-corrected chi connectivity index (χ1v) is 17.1. The van der Waals surface area contributed by atoms with Crippen molar-refractivity contribution in [3.63, 3.8) is 0 Å². The summed E-state index contributed by atoms with van der Waals surface area (Å²) >= 11 is 1.64. The Morgan fingerprint density at radius 2 is 1.77 bits per heavy atom. The largest absolute Gasteiger partial charge is 0.391 e. The number of rotatable bonds is 9. The van der Waals surface area contributed by atoms with Crippen molar-refractivity contribution in [3.8, 4) is 10.4 Å². The number of benzene rings is 1. The molecular formula is C36H64N4O3S. The van der Waals surface area contributed by atoms with E-state index >= 15 is 0 Å². The standard InChI is InChI=1S/C12H12N2OS.C11H21NO2.C10H20.C2H6.CH5N/c1-9-12(16-8-14-9)11-4-2-10(3-5-11)6-13-7-15;1-8(11(2,3)4)10(14)12-6-5-9(13)7-12;1-5-7-10(4)8-9(3)6-2;2*1-2/h2-5,7-8H,6H2,1H3,(H,13,15);8-9,13H,5-7H2,1-4H3;8-9H,5-7H2,1-4H3;1-2H3;2H2,1H3/b;;10-8-;;. The van der Waals surface area contributed by atoms with Gasteiger partial charge in [0.15, 0.2) is 0 Å². The molecule has 0 bridgehead atoms. The van der Waals surface area contributed by atoms with E-state index in [4.69, 9.17) is 0 Å². The highest BCUT2D eigenvalue weighted by atomic mass is 32.1. The van der Waals surface area contributed by atoms with Crippen LogP contribution in [-0.4, -0.2) is 53.5 Å². The van der Waals surface area contributed by atoms with Gasteiger partial charge in [-0.1, -0.05) is 111 Å². The van der Waals surface area contributed by atoms with Gasteiger partial charge in [-0.15, -0.1) is 11.3 Å². The molecule has 2 aromatic rings. The SMILES string of the molecule is CC.CC(C(=O)N1CCC(O)C1)C(C)(C)C.CCC/C(C)=C\C(C)CC.CN.Cc1ncsc1-c1ccc(CNC=O)cc1. The van der Waals surface area contributed by atoms with Crippen molar-refractivity contribution in [2.75, 3.05) is 20.1 Å². The summed E-state index contributed by atoms with van der Waals surface area (Å²) in [5, 5.41) is 12.0. The monoisotopic (exact) mass is 632 g/mol. The maximum absolute atomic E-state index is 12.0. The molecule has 7 nitrogen and oxygen atoms in total. The lowest BCUT2D eigenvalue weighted by Gasteiger charge is -2.30. The molecule has 0 spiro atoms. The fourth-order valence-electron chi connectivity index (χ4n) is 4.18. The molecule has 1 saturated heterocycles. The summed E-state index contributed by atoms with van der Waals surface area (Å²) in [5.41, 5.74) is 11.2. The topological polar surface area (TPSA) is 109 Å². The molecule has 252 valence electrons. The molecule has 0 radical (unpaired) electrons. The summed E-state index contributed by atoms with van der Waals surface area (Å²) in [5.74, 6) is 0.966. The maximum atomic E-state index is 12.0. The summed E-state index contributed by atoms with van der Waals surface area (Å²) < 4.78 is 0. The Morgan fingerprint density at radius 1 is 1.18 bits per heavy atom. The van der Waals surface area contributed by atoms with Gasteiger partial charge >= 0.3 is 0 Å². The minimum Gasteiger partial charge on any atom is -0.391 e. The number of aryl methyl sites for hydroxylation is 1. The number of hydrogen-bond acceptors (Lipinski definition) is 6. The average Bonchev–Trinajstić information content (AvgIpc) is 3.65. The molecule has 3 atom stereocenters. The fraction of sp³-hybridized carbons (Fsp3) is 0.639. The van der Waals surface area contributed by atoms with Crippen LogP contribution >= 0.6 is 11.3 Å². The number of aliphatic hydroxyl groups is 1. The van der Waals surface area contributed by atoms with E-state index < -0.39 is 0 Å². The third kappa shape index (κ3) is 17.7. The summed E-state index contributed by atoms with van der Waals surface area (Å²) in [6, 6.07) is 8.15. The van der Waals surface area contributed by atoms with Gasteiger partial charge < -0.3 is 21.1 Å². The normalized spacial score (nSPS) is 15.5. The fourth-order valence-corrected chi connectivity index (χ4v) is 4.99. The smallest absolute Gasteiger partial charge is 0.226 e. The first kappa shape index (κ1) is 43.6. The van der Waals surface area contributed by atoms with E-state index in [-0.39, 0.29) is 23.3 Å². The van der Waals surface area contributed by atoms with Gasteiger partial charge in [0.25, 0.3) is 0 Å². The highest BCUT2D eigenvalue weighted by Gasteiger charge is 2.33. The van der Waals surface area contributed by atoms with E-state index in [1.165, 1.54) is 36.8 Å². The van der Waals surface area contributed by atoms with Crippen molar-refractivity contribution in [3.05, 3.63) is 52.7 Å². The minimum atomic E-state index is -0.314. The molecule has 44 heavy (non-hydrogen) atoms. The molecule has 0 saturated carbocycles. The van der Waals surface area contributed by atoms with E-state index in [0.29, 0.717) is 26.0 Å². The molecule has 1 aliphatic heterocycles. The zero-order valence-electron chi connectivity index (χ0n) is 29.9. The van der Waals surface area contributed by atoms with Gasteiger partial charge in [-0.05, 0) is 56.2 Å². The van der Waals surface area contributed by atoms with E-state index in [0.717, 1.165) is 23.6 Å². The lowest BCUT2D eigenvalue weighted by atomic mass is 9.81. The number of aromatic nitrogens is 1. The number of likely N-dealkylation sites (tertiary alicyclic amines) is 1. The summed E-state index contributed by atoms with van der Waals surface area (Å²) in [6.45, 7) is 25.0. The van der Waals surface area contributed by atoms with Crippen LogP contribution in [0.3, 0.4) is 0 Å². The van der Waals surface area contributed by atoms with Gasteiger partial charge in [-0.3, -0.25) is 9.59 Å². The number of allylic oxidation sites excluding steroid dienone is 2. The van der Waals surface area contributed by atoms with E-state index in [1.807, 2.05) is 45.3 Å². The molecule has 3 rings (SSSR count). The zero-order chi connectivity index (χ0) is 34.3. The van der Waals surface area contributed by atoms with E-state index in [2.05, 4.69) is 82.7 Å². The predicted octanol–water partition coefficient (Wildman–Crippen LogP) is 8.01. The van der Waals surface area contributed by atoms with Crippen LogP contribution < -0.4 is 11.1 Å². The van der Waals surface area contributed by atoms with E-state index in [1.54, 1.807) is 21.8 Å². The first-order chi connectivity index (χ1) is 20.8. The van der Waals surface area contributed by atoms with Crippen LogP contribution in [0.4, 0.5) is 0 Å². The lowest BCUT2D eigenvalue weighted by molar-refractivity contribution is -0.137. The Bertz CT molecular complexity index is 1040. The Balaban J connectivity index is 0. The van der Waals surface area contributed by atoms with Crippen LogP contribution in [0.25, 0.3) is 10.4 Å². The number of thiazole rings is 1. The average molecular weight is 633 g/mol. The number of nitrogens with zero attached hydrogens (tertiary/aromatic N) is 2. The number of carbonyl (C=O) groups is 2. The number of nitrogens with one attached hydrogen (secondary N) is 1. The van der Waals surface area contributed by atoms with E-state index in [9.17, 15) is 14.7 Å². The zero-order valence-corrected chi connectivity index (χ0v) is 30.7. The van der Waals surface area contributed by atoms with Gasteiger partial charge in [0, 0.05) is 25.6 Å². The molecule has 0 aliphatic carbocycles. The molecule has 4 N–H and O–H groups in total. The second-order valence-electron chi connectivity index (χ2n) is 11.9. The quantitative estimate of drug-likeness (QED) is 0.192. The number of amides is 2. The van der Waals surface area contributed by atoms with Crippen molar-refractivity contribution in [1.29, 1.82) is 0 Å². The van der Waals surface area contributed by atoms with Crippen molar-refractivity contribution >= 4 is 23.7 Å². The predicted molar refractivity (Wildman–Crippen MR) is 191 cm³/mol. The number of β-amino-alcohol motifs (C(OH)–C–C–N with tert-alkyl or cyclic N) is 1. The Kier molecular flexibility index (Phi) is 24.5. The van der Waals surface area contributed by atoms with Gasteiger partial charge in [-0.2, -0.15) is 0 Å².